The molecule has 0 unspecified atom stereocenters. The lowest BCUT2D eigenvalue weighted by Gasteiger charge is -2.25. The van der Waals surface area contributed by atoms with Crippen LogP contribution < -0.4 is 10.6 Å². The van der Waals surface area contributed by atoms with Crippen molar-refractivity contribution in [3.8, 4) is 0 Å². The van der Waals surface area contributed by atoms with E-state index in [1.807, 2.05) is 49.6 Å². The predicted molar refractivity (Wildman–Crippen MR) is 101 cm³/mol. The summed E-state index contributed by atoms with van der Waals surface area (Å²) >= 11 is 1.62. The van der Waals surface area contributed by atoms with Gasteiger partial charge in [0.25, 0.3) is 11.9 Å². The summed E-state index contributed by atoms with van der Waals surface area (Å²) in [6.07, 6.45) is 1.99. The Bertz CT molecular complexity index is 886. The smallest absolute Gasteiger partial charge is 0.256 e. The van der Waals surface area contributed by atoms with Gasteiger partial charge < -0.3 is 5.32 Å². The molecule has 26 heavy (non-hydrogen) atoms. The molecular formula is C19H19N3O3S. The highest BCUT2D eigenvalue weighted by Crippen LogP contribution is 2.49. The molecule has 134 valence electrons. The molecule has 7 heteroatoms. The first-order valence-electron chi connectivity index (χ1n) is 8.45. The summed E-state index contributed by atoms with van der Waals surface area (Å²) in [4.78, 5) is 25.9. The Labute approximate surface area is 155 Å². The summed E-state index contributed by atoms with van der Waals surface area (Å²) in [7, 11) is 0. The molecule has 2 aromatic carbocycles. The van der Waals surface area contributed by atoms with Crippen molar-refractivity contribution < 1.29 is 9.72 Å². The van der Waals surface area contributed by atoms with E-state index in [2.05, 4.69) is 10.6 Å². The van der Waals surface area contributed by atoms with E-state index in [1.165, 1.54) is 0 Å². The second kappa shape index (κ2) is 6.10. The third-order valence-corrected chi connectivity index (χ3v) is 6.21. The SMILES string of the molecule is CSc1ccc([C@@H]2[C@H](C)N[C@@]3(C(=O)Nc4ccccc43)[C@H]2[N+](=O)[O-])cc1. The number of para-hydroxylation sites is 1. The number of nitrogens with zero attached hydrogens (tertiary/aromatic N) is 1. The van der Waals surface area contributed by atoms with Crippen LogP contribution in [0.5, 0.6) is 0 Å². The van der Waals surface area contributed by atoms with E-state index >= 15 is 0 Å². The molecule has 2 heterocycles. The Balaban J connectivity index is 1.86. The Kier molecular flexibility index (Phi) is 4.00. The van der Waals surface area contributed by atoms with Gasteiger partial charge in [-0.25, -0.2) is 0 Å². The lowest BCUT2D eigenvalue weighted by Crippen LogP contribution is -2.54. The fourth-order valence-electron chi connectivity index (χ4n) is 4.38. The Morgan fingerprint density at radius 2 is 1.85 bits per heavy atom. The molecule has 0 aromatic heterocycles. The number of hydrogen-bond acceptors (Lipinski definition) is 5. The number of fused-ring (bicyclic) bond motifs is 2. The zero-order valence-corrected chi connectivity index (χ0v) is 15.2. The number of benzene rings is 2. The van der Waals surface area contributed by atoms with Crippen molar-refractivity contribution >= 4 is 23.4 Å². The number of carbonyl (C=O) groups excluding carboxylic acids is 1. The predicted octanol–water partition coefficient (Wildman–Crippen LogP) is 2.98. The van der Waals surface area contributed by atoms with Crippen molar-refractivity contribution in [3.05, 3.63) is 69.8 Å². The summed E-state index contributed by atoms with van der Waals surface area (Å²) in [5.74, 6) is -0.756. The fraction of sp³-hybridized carbons (Fsp3) is 0.316. The normalized spacial score (nSPS) is 29.6. The zero-order valence-electron chi connectivity index (χ0n) is 14.4. The van der Waals surface area contributed by atoms with E-state index in [1.54, 1.807) is 23.9 Å². The molecule has 4 rings (SSSR count). The van der Waals surface area contributed by atoms with E-state index in [9.17, 15) is 14.9 Å². The second-order valence-corrected chi connectivity index (χ2v) is 7.65. The van der Waals surface area contributed by atoms with Crippen LogP contribution in [-0.2, 0) is 10.3 Å². The van der Waals surface area contributed by atoms with Gasteiger partial charge in [-0.15, -0.1) is 11.8 Å². The van der Waals surface area contributed by atoms with E-state index < -0.39 is 17.5 Å². The summed E-state index contributed by atoms with van der Waals surface area (Å²) in [5, 5.41) is 18.3. The number of thioether (sulfide) groups is 1. The molecule has 0 radical (unpaired) electrons. The number of anilines is 1. The minimum absolute atomic E-state index is 0.220. The Morgan fingerprint density at radius 3 is 2.50 bits per heavy atom. The molecule has 2 aliphatic heterocycles. The molecule has 2 N–H and O–H groups in total. The molecule has 1 fully saturated rings. The summed E-state index contributed by atoms with van der Waals surface area (Å²) < 4.78 is 0. The van der Waals surface area contributed by atoms with Crippen LogP contribution >= 0.6 is 11.8 Å². The first kappa shape index (κ1) is 17.1. The standard InChI is InChI=1S/C19H19N3O3S/c1-11-16(12-7-9-13(26-2)10-8-12)17(22(24)25)19(21-11)14-5-3-4-6-15(14)20-18(19)23/h3-11,16-17,21H,1-2H3,(H,20,23)/t11-,16-,17-,19+/m0/s1. The average Bonchev–Trinajstić information content (AvgIpc) is 3.10. The Morgan fingerprint density at radius 1 is 1.15 bits per heavy atom. The number of nitro groups is 1. The largest absolute Gasteiger partial charge is 0.324 e. The van der Waals surface area contributed by atoms with Gasteiger partial charge >= 0.3 is 0 Å². The van der Waals surface area contributed by atoms with Crippen LogP contribution in [0.3, 0.4) is 0 Å². The maximum absolute atomic E-state index is 12.9. The third kappa shape index (κ3) is 2.27. The summed E-state index contributed by atoms with van der Waals surface area (Å²) in [6, 6.07) is 13.7. The summed E-state index contributed by atoms with van der Waals surface area (Å²) in [5.41, 5.74) is 0.824. The number of rotatable bonds is 3. The highest BCUT2D eigenvalue weighted by Gasteiger charge is 2.67. The van der Waals surface area contributed by atoms with Crippen LogP contribution in [0.15, 0.2) is 53.4 Å². The second-order valence-electron chi connectivity index (χ2n) is 6.77. The van der Waals surface area contributed by atoms with E-state index in [4.69, 9.17) is 0 Å². The monoisotopic (exact) mass is 369 g/mol. The van der Waals surface area contributed by atoms with Gasteiger partial charge in [-0.1, -0.05) is 30.3 Å². The lowest BCUT2D eigenvalue weighted by atomic mass is 9.78. The van der Waals surface area contributed by atoms with Crippen molar-refractivity contribution in [1.29, 1.82) is 0 Å². The molecule has 0 bridgehead atoms. The molecule has 6 nitrogen and oxygen atoms in total. The highest BCUT2D eigenvalue weighted by molar-refractivity contribution is 7.98. The molecule has 2 aromatic rings. The summed E-state index contributed by atoms with van der Waals surface area (Å²) in [6.45, 7) is 1.91. The van der Waals surface area contributed by atoms with Gasteiger partial charge in [-0.05, 0) is 36.9 Å². The first-order valence-corrected chi connectivity index (χ1v) is 9.67. The van der Waals surface area contributed by atoms with Gasteiger partial charge in [0.05, 0.1) is 5.92 Å². The van der Waals surface area contributed by atoms with Crippen LogP contribution in [0, 0.1) is 10.1 Å². The molecule has 1 spiro atoms. The van der Waals surface area contributed by atoms with Crippen molar-refractivity contribution in [3.63, 3.8) is 0 Å². The zero-order chi connectivity index (χ0) is 18.5. The third-order valence-electron chi connectivity index (χ3n) is 5.46. The highest BCUT2D eigenvalue weighted by atomic mass is 32.2. The van der Waals surface area contributed by atoms with Gasteiger partial charge in [-0.2, -0.15) is 0 Å². The van der Waals surface area contributed by atoms with E-state index in [0.717, 1.165) is 10.5 Å². The molecular weight excluding hydrogens is 350 g/mol. The van der Waals surface area contributed by atoms with Crippen LogP contribution in [0.2, 0.25) is 0 Å². The van der Waals surface area contributed by atoms with Crippen LogP contribution in [0.4, 0.5) is 5.69 Å². The van der Waals surface area contributed by atoms with Crippen LogP contribution in [-0.4, -0.2) is 29.2 Å². The quantitative estimate of drug-likeness (QED) is 0.494. The van der Waals surface area contributed by atoms with Gasteiger partial charge in [0.1, 0.15) is 0 Å². The molecule has 1 saturated heterocycles. The van der Waals surface area contributed by atoms with Gasteiger partial charge in [-0.3, -0.25) is 20.2 Å². The maximum atomic E-state index is 12.9. The number of amides is 1. The molecule has 0 aliphatic carbocycles. The molecule has 0 saturated carbocycles. The number of hydrogen-bond donors (Lipinski definition) is 2. The van der Waals surface area contributed by atoms with E-state index in [-0.39, 0.29) is 16.9 Å². The molecule has 4 atom stereocenters. The van der Waals surface area contributed by atoms with Crippen LogP contribution in [0.25, 0.3) is 0 Å². The number of nitrogens with one attached hydrogen (secondary N) is 2. The topological polar surface area (TPSA) is 84.3 Å². The number of carbonyl (C=O) groups is 1. The van der Waals surface area contributed by atoms with Gasteiger partial charge in [0.2, 0.25) is 0 Å². The molecule has 2 aliphatic rings. The van der Waals surface area contributed by atoms with Crippen molar-refractivity contribution in [2.24, 2.45) is 0 Å². The molecule has 1 amide bonds. The van der Waals surface area contributed by atoms with Crippen molar-refractivity contribution in [2.45, 2.75) is 35.4 Å². The van der Waals surface area contributed by atoms with Gasteiger partial charge in [0.15, 0.2) is 5.54 Å². The van der Waals surface area contributed by atoms with E-state index in [0.29, 0.717) is 11.3 Å². The Hall–Kier alpha value is -2.38. The van der Waals surface area contributed by atoms with Crippen molar-refractivity contribution in [2.75, 3.05) is 11.6 Å². The van der Waals surface area contributed by atoms with Crippen LogP contribution in [0.1, 0.15) is 24.0 Å². The first-order chi connectivity index (χ1) is 12.5. The average molecular weight is 369 g/mol. The minimum atomic E-state index is -1.34. The lowest BCUT2D eigenvalue weighted by molar-refractivity contribution is -0.532. The minimum Gasteiger partial charge on any atom is -0.324 e. The fourth-order valence-corrected chi connectivity index (χ4v) is 4.79. The van der Waals surface area contributed by atoms with Crippen molar-refractivity contribution in [1.82, 2.24) is 5.32 Å². The maximum Gasteiger partial charge on any atom is 0.256 e. The van der Waals surface area contributed by atoms with Gasteiger partial charge in [0, 0.05) is 27.1 Å².